The van der Waals surface area contributed by atoms with Gasteiger partial charge in [0.05, 0.1) is 17.4 Å². The van der Waals surface area contributed by atoms with Crippen molar-refractivity contribution in [3.05, 3.63) is 78.1 Å². The van der Waals surface area contributed by atoms with Gasteiger partial charge in [0.25, 0.3) is 5.91 Å². The van der Waals surface area contributed by atoms with Gasteiger partial charge in [0.1, 0.15) is 0 Å². The van der Waals surface area contributed by atoms with Crippen molar-refractivity contribution in [2.45, 2.75) is 0 Å². The Kier molecular flexibility index (Phi) is 5.30. The summed E-state index contributed by atoms with van der Waals surface area (Å²) in [5, 5.41) is 5.69. The third-order valence-corrected chi connectivity index (χ3v) is 3.85. The maximum absolute atomic E-state index is 13.3. The molecular formula is C20H18F2N4O. The minimum Gasteiger partial charge on any atom is -0.378 e. The number of amides is 1. The number of hydrogen-bond donors (Lipinski definition) is 2. The van der Waals surface area contributed by atoms with Crippen LogP contribution in [0.15, 0.2) is 60.9 Å². The molecule has 0 atom stereocenters. The smallest absolute Gasteiger partial charge is 0.257 e. The molecule has 0 unspecified atom stereocenters. The monoisotopic (exact) mass is 368 g/mol. The van der Waals surface area contributed by atoms with Crippen LogP contribution in [0.2, 0.25) is 0 Å². The Morgan fingerprint density at radius 3 is 2.26 bits per heavy atom. The zero-order chi connectivity index (χ0) is 19.4. The molecule has 0 aliphatic rings. The molecule has 0 fully saturated rings. The van der Waals surface area contributed by atoms with Gasteiger partial charge in [0.15, 0.2) is 11.6 Å². The average molecular weight is 368 g/mol. The highest BCUT2D eigenvalue weighted by Crippen LogP contribution is 2.21. The number of nitrogens with one attached hydrogen (secondary N) is 2. The fourth-order valence-electron chi connectivity index (χ4n) is 2.42. The van der Waals surface area contributed by atoms with E-state index in [1.165, 1.54) is 12.3 Å². The first-order chi connectivity index (χ1) is 12.9. The van der Waals surface area contributed by atoms with Crippen LogP contribution in [0, 0.1) is 11.6 Å². The lowest BCUT2D eigenvalue weighted by molar-refractivity contribution is 0.102. The Morgan fingerprint density at radius 1 is 0.889 bits per heavy atom. The molecule has 3 aromatic rings. The predicted molar refractivity (Wildman–Crippen MR) is 103 cm³/mol. The van der Waals surface area contributed by atoms with Gasteiger partial charge in [-0.1, -0.05) is 0 Å². The Balaban J connectivity index is 1.72. The Hall–Kier alpha value is -3.48. The first-order valence-electron chi connectivity index (χ1n) is 8.18. The number of rotatable bonds is 5. The van der Waals surface area contributed by atoms with Crippen molar-refractivity contribution >= 4 is 28.7 Å². The molecule has 1 aromatic heterocycles. The molecule has 0 aliphatic carbocycles. The molecule has 5 nitrogen and oxygen atoms in total. The highest BCUT2D eigenvalue weighted by Gasteiger charge is 2.10. The van der Waals surface area contributed by atoms with Crippen molar-refractivity contribution in [1.82, 2.24) is 4.98 Å². The molecule has 138 valence electrons. The standard InChI is InChI=1S/C20H18F2N4O/c1-26(2)17-6-3-14(4-7-17)24-16-9-13(11-23-12-16)20(27)25-15-5-8-18(21)19(22)10-15/h3-12,24H,1-2H3,(H,25,27). The van der Waals surface area contributed by atoms with Gasteiger partial charge in [-0.25, -0.2) is 8.78 Å². The second-order valence-corrected chi connectivity index (χ2v) is 6.11. The second-order valence-electron chi connectivity index (χ2n) is 6.11. The largest absolute Gasteiger partial charge is 0.378 e. The third kappa shape index (κ3) is 4.58. The van der Waals surface area contributed by atoms with Gasteiger partial charge in [-0.05, 0) is 42.5 Å². The normalized spacial score (nSPS) is 10.4. The quantitative estimate of drug-likeness (QED) is 0.700. The molecule has 2 aromatic carbocycles. The molecule has 0 saturated heterocycles. The summed E-state index contributed by atoms with van der Waals surface area (Å²) in [6, 6.07) is 12.6. The maximum Gasteiger partial charge on any atom is 0.257 e. The van der Waals surface area contributed by atoms with E-state index in [9.17, 15) is 13.6 Å². The van der Waals surface area contributed by atoms with E-state index in [4.69, 9.17) is 0 Å². The van der Waals surface area contributed by atoms with Crippen LogP contribution in [0.25, 0.3) is 0 Å². The van der Waals surface area contributed by atoms with Crippen molar-refractivity contribution in [2.75, 3.05) is 29.6 Å². The topological polar surface area (TPSA) is 57.3 Å². The second kappa shape index (κ2) is 7.82. The summed E-state index contributed by atoms with van der Waals surface area (Å²) in [5.74, 6) is -2.47. The van der Waals surface area contributed by atoms with Gasteiger partial charge >= 0.3 is 0 Å². The SMILES string of the molecule is CN(C)c1ccc(Nc2cncc(C(=O)Nc3ccc(F)c(F)c3)c2)cc1. The van der Waals surface area contributed by atoms with E-state index in [1.807, 2.05) is 43.3 Å². The average Bonchev–Trinajstić information content (AvgIpc) is 2.65. The van der Waals surface area contributed by atoms with Gasteiger partial charge in [0.2, 0.25) is 0 Å². The van der Waals surface area contributed by atoms with E-state index in [1.54, 1.807) is 12.3 Å². The van der Waals surface area contributed by atoms with Gasteiger partial charge in [-0.2, -0.15) is 0 Å². The fourth-order valence-corrected chi connectivity index (χ4v) is 2.42. The number of carbonyl (C=O) groups is 1. The highest BCUT2D eigenvalue weighted by atomic mass is 19.2. The number of hydrogen-bond acceptors (Lipinski definition) is 4. The minimum absolute atomic E-state index is 0.163. The molecule has 1 heterocycles. The van der Waals surface area contributed by atoms with Crippen molar-refractivity contribution in [3.8, 4) is 0 Å². The molecule has 3 rings (SSSR count). The summed E-state index contributed by atoms with van der Waals surface area (Å²) in [7, 11) is 3.92. The lowest BCUT2D eigenvalue weighted by Crippen LogP contribution is -2.13. The fraction of sp³-hybridized carbons (Fsp3) is 0.100. The predicted octanol–water partition coefficient (Wildman–Crippen LogP) is 4.42. The van der Waals surface area contributed by atoms with E-state index in [-0.39, 0.29) is 11.3 Å². The zero-order valence-corrected chi connectivity index (χ0v) is 14.8. The van der Waals surface area contributed by atoms with Gasteiger partial charge in [-0.3, -0.25) is 9.78 Å². The summed E-state index contributed by atoms with van der Waals surface area (Å²) in [6.45, 7) is 0. The van der Waals surface area contributed by atoms with Crippen molar-refractivity contribution in [3.63, 3.8) is 0 Å². The lowest BCUT2D eigenvalue weighted by Gasteiger charge is -2.13. The summed E-state index contributed by atoms with van der Waals surface area (Å²) < 4.78 is 26.2. The molecule has 27 heavy (non-hydrogen) atoms. The summed E-state index contributed by atoms with van der Waals surface area (Å²) in [6.07, 6.45) is 2.99. The number of benzene rings is 2. The Labute approximate surface area is 155 Å². The van der Waals surface area contributed by atoms with Crippen LogP contribution in [0.3, 0.4) is 0 Å². The lowest BCUT2D eigenvalue weighted by atomic mass is 10.2. The number of pyridine rings is 1. The van der Waals surface area contributed by atoms with Crippen molar-refractivity contribution in [1.29, 1.82) is 0 Å². The number of anilines is 4. The number of halogens is 2. The van der Waals surface area contributed by atoms with E-state index < -0.39 is 17.5 Å². The van der Waals surface area contributed by atoms with Crippen LogP contribution < -0.4 is 15.5 Å². The van der Waals surface area contributed by atoms with Crippen LogP contribution in [-0.2, 0) is 0 Å². The van der Waals surface area contributed by atoms with Crippen LogP contribution in [0.4, 0.5) is 31.5 Å². The molecule has 7 heteroatoms. The number of aromatic nitrogens is 1. The van der Waals surface area contributed by atoms with Crippen molar-refractivity contribution < 1.29 is 13.6 Å². The first-order valence-corrected chi connectivity index (χ1v) is 8.18. The van der Waals surface area contributed by atoms with E-state index >= 15 is 0 Å². The Morgan fingerprint density at radius 2 is 1.59 bits per heavy atom. The minimum atomic E-state index is -1.03. The zero-order valence-electron chi connectivity index (χ0n) is 14.8. The molecule has 0 bridgehead atoms. The molecule has 0 aliphatic heterocycles. The molecule has 0 radical (unpaired) electrons. The van der Waals surface area contributed by atoms with Gasteiger partial charge in [-0.15, -0.1) is 0 Å². The van der Waals surface area contributed by atoms with Crippen LogP contribution in [0.5, 0.6) is 0 Å². The van der Waals surface area contributed by atoms with E-state index in [0.29, 0.717) is 5.69 Å². The Bertz CT molecular complexity index is 958. The van der Waals surface area contributed by atoms with E-state index in [2.05, 4.69) is 15.6 Å². The van der Waals surface area contributed by atoms with Gasteiger partial charge < -0.3 is 15.5 Å². The summed E-state index contributed by atoms with van der Waals surface area (Å²) in [5.41, 5.74) is 3.00. The van der Waals surface area contributed by atoms with E-state index in [0.717, 1.165) is 23.5 Å². The number of carbonyl (C=O) groups excluding carboxylic acids is 1. The molecule has 2 N–H and O–H groups in total. The van der Waals surface area contributed by atoms with Crippen molar-refractivity contribution in [2.24, 2.45) is 0 Å². The third-order valence-electron chi connectivity index (χ3n) is 3.85. The maximum atomic E-state index is 13.3. The van der Waals surface area contributed by atoms with Crippen LogP contribution >= 0.6 is 0 Å². The molecular weight excluding hydrogens is 350 g/mol. The molecule has 0 spiro atoms. The first kappa shape index (κ1) is 18.3. The number of nitrogens with zero attached hydrogens (tertiary/aromatic N) is 2. The van der Waals surface area contributed by atoms with Crippen LogP contribution in [-0.4, -0.2) is 25.0 Å². The van der Waals surface area contributed by atoms with Crippen LogP contribution in [0.1, 0.15) is 10.4 Å². The highest BCUT2D eigenvalue weighted by molar-refractivity contribution is 6.04. The molecule has 0 saturated carbocycles. The summed E-state index contributed by atoms with van der Waals surface area (Å²) >= 11 is 0. The van der Waals surface area contributed by atoms with Gasteiger partial charge in [0, 0.05) is 43.4 Å². The molecule has 1 amide bonds. The summed E-state index contributed by atoms with van der Waals surface area (Å²) in [4.78, 5) is 18.4.